The van der Waals surface area contributed by atoms with E-state index in [1.807, 2.05) is 60.7 Å². The number of benzene rings is 2. The molecule has 168 valence electrons. The minimum absolute atomic E-state index is 0.0327. The molecule has 3 rings (SSSR count). The van der Waals surface area contributed by atoms with Crippen molar-refractivity contribution >= 4 is 5.91 Å². The predicted molar refractivity (Wildman–Crippen MR) is 118 cm³/mol. The second kappa shape index (κ2) is 12.4. The summed E-state index contributed by atoms with van der Waals surface area (Å²) in [5.41, 5.74) is 0.653. The lowest BCUT2D eigenvalue weighted by Crippen LogP contribution is -2.51. The lowest BCUT2D eigenvalue weighted by atomic mass is 10.1. The molecule has 2 atom stereocenters. The standard InChI is InChI=1S/C24H32N2O5/c1-29-14-13-26(24(28)20-8-4-2-5-9-20)18-23-17-25(12-15-30-23)16-21(27)19-31-22-10-6-3-7-11-22/h2-11,21,23,27H,12-19H2,1H3. The Bertz CT molecular complexity index is 774. The molecular formula is C24H32N2O5. The van der Waals surface area contributed by atoms with Crippen molar-refractivity contribution in [2.24, 2.45) is 0 Å². The van der Waals surface area contributed by atoms with E-state index in [0.29, 0.717) is 45.0 Å². The van der Waals surface area contributed by atoms with Gasteiger partial charge in [-0.25, -0.2) is 0 Å². The van der Waals surface area contributed by atoms with Crippen LogP contribution in [0.4, 0.5) is 0 Å². The highest BCUT2D eigenvalue weighted by Crippen LogP contribution is 2.13. The van der Waals surface area contributed by atoms with E-state index in [4.69, 9.17) is 14.2 Å². The van der Waals surface area contributed by atoms with E-state index in [0.717, 1.165) is 12.3 Å². The van der Waals surface area contributed by atoms with Crippen LogP contribution in [0.5, 0.6) is 5.75 Å². The average Bonchev–Trinajstić information content (AvgIpc) is 2.81. The highest BCUT2D eigenvalue weighted by atomic mass is 16.5. The fourth-order valence-corrected chi connectivity index (χ4v) is 3.60. The van der Waals surface area contributed by atoms with Crippen molar-refractivity contribution < 1.29 is 24.1 Å². The molecule has 0 aliphatic carbocycles. The number of methoxy groups -OCH3 is 1. The van der Waals surface area contributed by atoms with Crippen molar-refractivity contribution in [3.05, 3.63) is 66.2 Å². The Labute approximate surface area is 184 Å². The molecule has 2 unspecified atom stereocenters. The van der Waals surface area contributed by atoms with Gasteiger partial charge in [0.2, 0.25) is 0 Å². The van der Waals surface area contributed by atoms with Crippen molar-refractivity contribution in [1.29, 1.82) is 0 Å². The zero-order valence-electron chi connectivity index (χ0n) is 18.1. The SMILES string of the molecule is COCCN(CC1CN(CC(O)COc2ccccc2)CCO1)C(=O)c1ccccc1. The summed E-state index contributed by atoms with van der Waals surface area (Å²) in [5, 5.41) is 10.4. The molecule has 1 N–H and O–H groups in total. The summed E-state index contributed by atoms with van der Waals surface area (Å²) in [5.74, 6) is 0.712. The second-order valence-electron chi connectivity index (χ2n) is 7.64. The van der Waals surface area contributed by atoms with Gasteiger partial charge in [-0.1, -0.05) is 36.4 Å². The number of morpholine rings is 1. The van der Waals surface area contributed by atoms with Gasteiger partial charge in [0.25, 0.3) is 5.91 Å². The molecule has 0 bridgehead atoms. The minimum Gasteiger partial charge on any atom is -0.491 e. The third kappa shape index (κ3) is 7.63. The van der Waals surface area contributed by atoms with Gasteiger partial charge in [0.05, 0.1) is 19.3 Å². The van der Waals surface area contributed by atoms with Crippen molar-refractivity contribution in [2.45, 2.75) is 12.2 Å². The highest BCUT2D eigenvalue weighted by molar-refractivity contribution is 5.94. The molecule has 7 heteroatoms. The zero-order valence-corrected chi connectivity index (χ0v) is 18.1. The summed E-state index contributed by atoms with van der Waals surface area (Å²) in [6.07, 6.45) is -0.727. The van der Waals surface area contributed by atoms with Crippen LogP contribution < -0.4 is 4.74 Å². The Morgan fingerprint density at radius 3 is 2.61 bits per heavy atom. The molecule has 1 heterocycles. The van der Waals surface area contributed by atoms with Gasteiger partial charge in [0.1, 0.15) is 18.5 Å². The van der Waals surface area contributed by atoms with Crippen LogP contribution in [0.15, 0.2) is 60.7 Å². The van der Waals surface area contributed by atoms with Crippen LogP contribution in [0, 0.1) is 0 Å². The number of carbonyl (C=O) groups is 1. The van der Waals surface area contributed by atoms with Crippen molar-refractivity contribution in [3.8, 4) is 5.75 Å². The smallest absolute Gasteiger partial charge is 0.254 e. The van der Waals surface area contributed by atoms with Crippen molar-refractivity contribution in [1.82, 2.24) is 9.80 Å². The lowest BCUT2D eigenvalue weighted by molar-refractivity contribution is -0.0546. The van der Waals surface area contributed by atoms with Gasteiger partial charge in [-0.15, -0.1) is 0 Å². The Morgan fingerprint density at radius 1 is 1.19 bits per heavy atom. The summed E-state index contributed by atoms with van der Waals surface area (Å²) < 4.78 is 16.8. The second-order valence-corrected chi connectivity index (χ2v) is 7.64. The first-order chi connectivity index (χ1) is 15.2. The number of hydrogen-bond donors (Lipinski definition) is 1. The van der Waals surface area contributed by atoms with Crippen LogP contribution >= 0.6 is 0 Å². The number of rotatable bonds is 11. The number of amides is 1. The molecule has 0 aromatic heterocycles. The molecule has 1 fully saturated rings. The van der Waals surface area contributed by atoms with E-state index in [2.05, 4.69) is 4.90 Å². The fourth-order valence-electron chi connectivity index (χ4n) is 3.60. The Kier molecular flexibility index (Phi) is 9.30. The quantitative estimate of drug-likeness (QED) is 0.590. The summed E-state index contributed by atoms with van der Waals surface area (Å²) in [7, 11) is 1.63. The maximum atomic E-state index is 12.9. The number of aliphatic hydroxyl groups is 1. The highest BCUT2D eigenvalue weighted by Gasteiger charge is 2.26. The maximum Gasteiger partial charge on any atom is 0.254 e. The number of carbonyl (C=O) groups excluding carboxylic acids is 1. The third-order valence-electron chi connectivity index (χ3n) is 5.17. The molecule has 0 radical (unpaired) electrons. The van der Waals surface area contributed by atoms with Gasteiger partial charge in [0, 0.05) is 45.4 Å². The number of aliphatic hydroxyl groups excluding tert-OH is 1. The molecule has 2 aromatic rings. The normalized spacial score (nSPS) is 17.8. The van der Waals surface area contributed by atoms with Crippen LogP contribution in [0.3, 0.4) is 0 Å². The number of ether oxygens (including phenoxy) is 3. The summed E-state index contributed by atoms with van der Waals surface area (Å²) in [6, 6.07) is 18.7. The van der Waals surface area contributed by atoms with E-state index in [9.17, 15) is 9.90 Å². The van der Waals surface area contributed by atoms with Gasteiger partial charge in [-0.2, -0.15) is 0 Å². The first-order valence-electron chi connectivity index (χ1n) is 10.7. The first-order valence-corrected chi connectivity index (χ1v) is 10.7. The van der Waals surface area contributed by atoms with Gasteiger partial charge in [-0.05, 0) is 24.3 Å². The Morgan fingerprint density at radius 2 is 1.90 bits per heavy atom. The van der Waals surface area contributed by atoms with Crippen LogP contribution in [0.1, 0.15) is 10.4 Å². The molecule has 1 aliphatic heterocycles. The Balaban J connectivity index is 1.51. The molecule has 1 saturated heterocycles. The first kappa shape index (κ1) is 23.2. The Hall–Kier alpha value is -2.45. The molecule has 1 aliphatic rings. The van der Waals surface area contributed by atoms with Gasteiger partial charge >= 0.3 is 0 Å². The van der Waals surface area contributed by atoms with Crippen molar-refractivity contribution in [2.75, 3.05) is 59.7 Å². The summed E-state index contributed by atoms with van der Waals surface area (Å²) in [4.78, 5) is 16.9. The van der Waals surface area contributed by atoms with Gasteiger partial charge in [0.15, 0.2) is 0 Å². The topological polar surface area (TPSA) is 71.5 Å². The molecule has 31 heavy (non-hydrogen) atoms. The van der Waals surface area contributed by atoms with Crippen molar-refractivity contribution in [3.63, 3.8) is 0 Å². The monoisotopic (exact) mass is 428 g/mol. The minimum atomic E-state index is -0.602. The zero-order chi connectivity index (χ0) is 21.9. The van der Waals surface area contributed by atoms with E-state index in [1.54, 1.807) is 12.0 Å². The fraction of sp³-hybridized carbons (Fsp3) is 0.458. The van der Waals surface area contributed by atoms with Crippen LogP contribution in [-0.4, -0.2) is 92.7 Å². The molecule has 0 saturated carbocycles. The van der Waals surface area contributed by atoms with E-state index in [1.165, 1.54) is 0 Å². The lowest BCUT2D eigenvalue weighted by Gasteiger charge is -2.36. The summed E-state index contributed by atoms with van der Waals surface area (Å²) >= 11 is 0. The maximum absolute atomic E-state index is 12.9. The molecule has 7 nitrogen and oxygen atoms in total. The van der Waals surface area contributed by atoms with Gasteiger partial charge < -0.3 is 24.2 Å². The molecular weight excluding hydrogens is 396 g/mol. The van der Waals surface area contributed by atoms with E-state index < -0.39 is 6.10 Å². The summed E-state index contributed by atoms with van der Waals surface area (Å²) in [6.45, 7) is 4.12. The molecule has 2 aromatic carbocycles. The number of para-hydroxylation sites is 1. The van der Waals surface area contributed by atoms with Gasteiger partial charge in [-0.3, -0.25) is 9.69 Å². The van der Waals surface area contributed by atoms with E-state index in [-0.39, 0.29) is 18.6 Å². The predicted octanol–water partition coefficient (Wildman–Crippen LogP) is 1.92. The number of β-amino-alcohol motifs (C(OH)–C–C–N with tert-alkyl or cyclic N) is 1. The van der Waals surface area contributed by atoms with E-state index >= 15 is 0 Å². The van der Waals surface area contributed by atoms with Crippen LogP contribution in [0.2, 0.25) is 0 Å². The number of hydrogen-bond acceptors (Lipinski definition) is 6. The molecule has 0 spiro atoms. The molecule has 1 amide bonds. The number of nitrogens with zero attached hydrogens (tertiary/aromatic N) is 2. The average molecular weight is 429 g/mol. The van der Waals surface area contributed by atoms with Crippen LogP contribution in [-0.2, 0) is 9.47 Å². The van der Waals surface area contributed by atoms with Crippen LogP contribution in [0.25, 0.3) is 0 Å². The largest absolute Gasteiger partial charge is 0.491 e. The third-order valence-corrected chi connectivity index (χ3v) is 5.17.